The SMILES string of the molecule is CCN1CCN(c2cc(=O)c3cc(OC)ccc3o2)CC1. The van der Waals surface area contributed by atoms with Gasteiger partial charge in [0.2, 0.25) is 0 Å². The molecule has 1 aliphatic heterocycles. The third-order valence-corrected chi connectivity index (χ3v) is 4.05. The lowest BCUT2D eigenvalue weighted by Crippen LogP contribution is -2.46. The summed E-state index contributed by atoms with van der Waals surface area (Å²) in [6.45, 7) is 7.01. The first kappa shape index (κ1) is 13.9. The van der Waals surface area contributed by atoms with E-state index in [2.05, 4.69) is 16.7 Å². The average Bonchev–Trinajstić information content (AvgIpc) is 2.54. The van der Waals surface area contributed by atoms with Crippen molar-refractivity contribution in [1.82, 2.24) is 4.90 Å². The lowest BCUT2D eigenvalue weighted by Gasteiger charge is -2.34. The largest absolute Gasteiger partial charge is 0.497 e. The van der Waals surface area contributed by atoms with Crippen LogP contribution >= 0.6 is 0 Å². The molecule has 112 valence electrons. The number of hydrogen-bond donors (Lipinski definition) is 0. The Kier molecular flexibility index (Phi) is 3.84. The Labute approximate surface area is 123 Å². The highest BCUT2D eigenvalue weighted by atomic mass is 16.5. The summed E-state index contributed by atoms with van der Waals surface area (Å²) >= 11 is 0. The number of nitrogens with zero attached hydrogens (tertiary/aromatic N) is 2. The molecular formula is C16H20N2O3. The molecule has 1 aromatic heterocycles. The van der Waals surface area contributed by atoms with Crippen LogP contribution in [-0.4, -0.2) is 44.7 Å². The minimum absolute atomic E-state index is 0.0249. The van der Waals surface area contributed by atoms with Crippen molar-refractivity contribution in [2.45, 2.75) is 6.92 Å². The van der Waals surface area contributed by atoms with Crippen LogP contribution < -0.4 is 15.1 Å². The molecule has 1 saturated heterocycles. The van der Waals surface area contributed by atoms with Gasteiger partial charge in [-0.2, -0.15) is 0 Å². The molecule has 5 nitrogen and oxygen atoms in total. The predicted molar refractivity (Wildman–Crippen MR) is 83.4 cm³/mol. The van der Waals surface area contributed by atoms with Gasteiger partial charge in [0.15, 0.2) is 11.3 Å². The summed E-state index contributed by atoms with van der Waals surface area (Å²) in [6, 6.07) is 6.91. The van der Waals surface area contributed by atoms with Gasteiger partial charge in [0.05, 0.1) is 12.5 Å². The zero-order chi connectivity index (χ0) is 14.8. The molecule has 21 heavy (non-hydrogen) atoms. The highest BCUT2D eigenvalue weighted by molar-refractivity contribution is 5.79. The van der Waals surface area contributed by atoms with Gasteiger partial charge in [-0.3, -0.25) is 4.79 Å². The van der Waals surface area contributed by atoms with Crippen LogP contribution in [0.4, 0.5) is 5.88 Å². The Balaban J connectivity index is 1.92. The molecule has 2 heterocycles. The van der Waals surface area contributed by atoms with E-state index < -0.39 is 0 Å². The lowest BCUT2D eigenvalue weighted by atomic mass is 10.2. The number of hydrogen-bond acceptors (Lipinski definition) is 5. The fourth-order valence-electron chi connectivity index (χ4n) is 2.69. The highest BCUT2D eigenvalue weighted by Crippen LogP contribution is 2.23. The summed E-state index contributed by atoms with van der Waals surface area (Å²) in [7, 11) is 1.59. The van der Waals surface area contributed by atoms with E-state index in [9.17, 15) is 4.79 Å². The standard InChI is InChI=1S/C16H20N2O3/c1-3-17-6-8-18(9-7-17)16-11-14(19)13-10-12(20-2)4-5-15(13)21-16/h4-5,10-11H,3,6-9H2,1-2H3. The molecular weight excluding hydrogens is 268 g/mol. The number of benzene rings is 1. The second kappa shape index (κ2) is 5.77. The third-order valence-electron chi connectivity index (χ3n) is 4.05. The van der Waals surface area contributed by atoms with Crippen molar-refractivity contribution in [3.05, 3.63) is 34.5 Å². The molecule has 0 aliphatic carbocycles. The first-order valence-electron chi connectivity index (χ1n) is 7.30. The molecule has 0 spiro atoms. The molecule has 2 aromatic rings. The molecule has 5 heteroatoms. The Morgan fingerprint density at radius 1 is 1.19 bits per heavy atom. The normalized spacial score (nSPS) is 16.4. The van der Waals surface area contributed by atoms with Gasteiger partial charge in [0, 0.05) is 32.2 Å². The van der Waals surface area contributed by atoms with Crippen LogP contribution in [0, 0.1) is 0 Å². The summed E-state index contributed by atoms with van der Waals surface area (Å²) in [5.41, 5.74) is 0.583. The molecule has 0 saturated carbocycles. The third kappa shape index (κ3) is 2.74. The first-order chi connectivity index (χ1) is 10.2. The molecule has 3 rings (SSSR count). The lowest BCUT2D eigenvalue weighted by molar-refractivity contribution is 0.267. The minimum atomic E-state index is -0.0249. The summed E-state index contributed by atoms with van der Waals surface area (Å²) in [5.74, 6) is 1.33. The van der Waals surface area contributed by atoms with Gasteiger partial charge < -0.3 is 19.0 Å². The summed E-state index contributed by atoms with van der Waals surface area (Å²) < 4.78 is 11.1. The van der Waals surface area contributed by atoms with Crippen molar-refractivity contribution in [2.24, 2.45) is 0 Å². The number of rotatable bonds is 3. The van der Waals surface area contributed by atoms with Crippen LogP contribution in [0.1, 0.15) is 6.92 Å². The van der Waals surface area contributed by atoms with Crippen molar-refractivity contribution in [1.29, 1.82) is 0 Å². The maximum Gasteiger partial charge on any atom is 0.200 e. The Morgan fingerprint density at radius 3 is 2.62 bits per heavy atom. The molecule has 0 amide bonds. The van der Waals surface area contributed by atoms with Gasteiger partial charge in [-0.05, 0) is 24.7 Å². The number of piperazine rings is 1. The number of ether oxygens (including phenoxy) is 1. The second-order valence-corrected chi connectivity index (χ2v) is 5.23. The van der Waals surface area contributed by atoms with Crippen LogP contribution in [0.5, 0.6) is 5.75 Å². The fourth-order valence-corrected chi connectivity index (χ4v) is 2.69. The summed E-state index contributed by atoms with van der Waals surface area (Å²) in [4.78, 5) is 16.8. The zero-order valence-corrected chi connectivity index (χ0v) is 12.5. The predicted octanol–water partition coefficient (Wildman–Crippen LogP) is 1.94. The number of fused-ring (bicyclic) bond motifs is 1. The number of methoxy groups -OCH3 is 1. The Morgan fingerprint density at radius 2 is 1.95 bits per heavy atom. The minimum Gasteiger partial charge on any atom is -0.497 e. The fraction of sp³-hybridized carbons (Fsp3) is 0.438. The van der Waals surface area contributed by atoms with E-state index in [1.807, 2.05) is 6.07 Å². The molecule has 0 N–H and O–H groups in total. The maximum atomic E-state index is 12.3. The highest BCUT2D eigenvalue weighted by Gasteiger charge is 2.18. The van der Waals surface area contributed by atoms with Crippen molar-refractivity contribution >= 4 is 16.9 Å². The topological polar surface area (TPSA) is 45.9 Å². The van der Waals surface area contributed by atoms with Gasteiger partial charge in [-0.25, -0.2) is 0 Å². The van der Waals surface area contributed by atoms with Crippen molar-refractivity contribution in [2.75, 3.05) is 44.7 Å². The molecule has 0 radical (unpaired) electrons. The van der Waals surface area contributed by atoms with E-state index in [-0.39, 0.29) is 5.43 Å². The van der Waals surface area contributed by atoms with Gasteiger partial charge in [-0.15, -0.1) is 0 Å². The van der Waals surface area contributed by atoms with E-state index in [1.54, 1.807) is 25.3 Å². The van der Waals surface area contributed by atoms with Crippen molar-refractivity contribution in [3.63, 3.8) is 0 Å². The van der Waals surface area contributed by atoms with Gasteiger partial charge in [0.25, 0.3) is 0 Å². The van der Waals surface area contributed by atoms with Crippen molar-refractivity contribution in [3.8, 4) is 5.75 Å². The smallest absolute Gasteiger partial charge is 0.200 e. The molecule has 1 fully saturated rings. The van der Waals surface area contributed by atoms with Crippen LogP contribution in [0.2, 0.25) is 0 Å². The molecule has 0 unspecified atom stereocenters. The Hall–Kier alpha value is -2.01. The average molecular weight is 288 g/mol. The molecule has 0 bridgehead atoms. The monoisotopic (exact) mass is 288 g/mol. The van der Waals surface area contributed by atoms with E-state index in [0.29, 0.717) is 22.6 Å². The van der Waals surface area contributed by atoms with E-state index >= 15 is 0 Å². The van der Waals surface area contributed by atoms with Crippen LogP contribution in [0.15, 0.2) is 33.5 Å². The van der Waals surface area contributed by atoms with E-state index in [1.165, 1.54) is 0 Å². The Bertz CT molecular complexity index is 687. The van der Waals surface area contributed by atoms with Crippen LogP contribution in [0.3, 0.4) is 0 Å². The summed E-state index contributed by atoms with van der Waals surface area (Å²) in [5, 5.41) is 0.560. The molecule has 0 atom stereocenters. The van der Waals surface area contributed by atoms with Gasteiger partial charge in [0.1, 0.15) is 11.3 Å². The quantitative estimate of drug-likeness (QED) is 0.864. The van der Waals surface area contributed by atoms with E-state index in [4.69, 9.17) is 9.15 Å². The van der Waals surface area contributed by atoms with Crippen LogP contribution in [-0.2, 0) is 0 Å². The number of likely N-dealkylation sites (N-methyl/N-ethyl adjacent to an activating group) is 1. The summed E-state index contributed by atoms with van der Waals surface area (Å²) in [6.07, 6.45) is 0. The van der Waals surface area contributed by atoms with E-state index in [0.717, 1.165) is 32.7 Å². The maximum absolute atomic E-state index is 12.3. The molecule has 1 aromatic carbocycles. The van der Waals surface area contributed by atoms with Gasteiger partial charge >= 0.3 is 0 Å². The zero-order valence-electron chi connectivity index (χ0n) is 12.5. The number of anilines is 1. The van der Waals surface area contributed by atoms with Crippen LogP contribution in [0.25, 0.3) is 11.0 Å². The van der Waals surface area contributed by atoms with Crippen molar-refractivity contribution < 1.29 is 9.15 Å². The second-order valence-electron chi connectivity index (χ2n) is 5.23. The first-order valence-corrected chi connectivity index (χ1v) is 7.30. The van der Waals surface area contributed by atoms with Gasteiger partial charge in [-0.1, -0.05) is 6.92 Å². The molecule has 1 aliphatic rings.